The van der Waals surface area contributed by atoms with Crippen LogP contribution in [0.2, 0.25) is 0 Å². The van der Waals surface area contributed by atoms with Crippen LogP contribution in [0.5, 0.6) is 0 Å². The van der Waals surface area contributed by atoms with Gasteiger partial charge in [0, 0.05) is 67.8 Å². The molecule has 0 N–H and O–H groups in total. The van der Waals surface area contributed by atoms with Crippen LogP contribution in [-0.2, 0) is 11.8 Å². The van der Waals surface area contributed by atoms with E-state index in [4.69, 9.17) is 0 Å². The van der Waals surface area contributed by atoms with Crippen molar-refractivity contribution in [2.45, 2.75) is 71.8 Å². The van der Waals surface area contributed by atoms with Crippen molar-refractivity contribution in [2.24, 2.45) is 0 Å². The maximum absolute atomic E-state index is 2.72. The first-order valence-electron chi connectivity index (χ1n) is 27.7. The summed E-state index contributed by atoms with van der Waals surface area (Å²) in [4.78, 5) is 5.24. The van der Waals surface area contributed by atoms with Gasteiger partial charge in [0.2, 0.25) is 0 Å². The van der Waals surface area contributed by atoms with Gasteiger partial charge in [-0.2, -0.15) is 0 Å². The van der Waals surface area contributed by atoms with Crippen molar-refractivity contribution >= 4 is 49.3 Å². The summed E-state index contributed by atoms with van der Waals surface area (Å²) in [5.74, 6) is 0. The lowest BCUT2D eigenvalue weighted by Gasteiger charge is -2.36. The summed E-state index contributed by atoms with van der Waals surface area (Å²) in [6.07, 6.45) is 27.6. The Labute approximate surface area is 451 Å². The van der Waals surface area contributed by atoms with Crippen molar-refractivity contribution in [3.8, 4) is 22.5 Å². The quantitative estimate of drug-likeness (QED) is 0.158. The predicted octanol–water partition coefficient (Wildman–Crippen LogP) is 18.3. The minimum atomic E-state index is -0.716. The minimum absolute atomic E-state index is 0.266. The lowest BCUT2D eigenvalue weighted by atomic mass is 9.68. The van der Waals surface area contributed by atoms with Crippen LogP contribution in [-0.4, -0.2) is 20.1 Å². The Balaban J connectivity index is 1.04. The molecule has 4 heteroatoms. The van der Waals surface area contributed by atoms with Crippen LogP contribution in [0, 0.1) is 0 Å². The molecule has 77 heavy (non-hydrogen) atoms. The van der Waals surface area contributed by atoms with Gasteiger partial charge < -0.3 is 18.9 Å². The number of rotatable bonds is 7. The molecule has 372 valence electrons. The van der Waals surface area contributed by atoms with Crippen molar-refractivity contribution < 1.29 is 0 Å². The first-order valence-corrected chi connectivity index (χ1v) is 27.7. The molecule has 9 aromatic rings. The zero-order valence-electron chi connectivity index (χ0n) is 44.5. The Morgan fingerprint density at radius 2 is 1.13 bits per heavy atom. The average molecular weight is 993 g/mol. The van der Waals surface area contributed by atoms with E-state index >= 15 is 0 Å². The van der Waals surface area contributed by atoms with E-state index in [-0.39, 0.29) is 6.04 Å². The summed E-state index contributed by atoms with van der Waals surface area (Å²) in [6.45, 7) is 11.7. The third kappa shape index (κ3) is 6.45. The lowest BCUT2D eigenvalue weighted by molar-refractivity contribution is 0.363. The minimum Gasteiger partial charge on any atom is -0.341 e. The van der Waals surface area contributed by atoms with Crippen molar-refractivity contribution in [2.75, 3.05) is 4.90 Å². The topological polar surface area (TPSA) is 16.3 Å². The first-order chi connectivity index (χ1) is 37.8. The largest absolute Gasteiger partial charge is 0.341 e. The highest BCUT2D eigenvalue weighted by atomic mass is 15.2. The molecule has 7 aromatic carbocycles. The van der Waals surface area contributed by atoms with Gasteiger partial charge in [-0.1, -0.05) is 146 Å². The van der Waals surface area contributed by atoms with Crippen LogP contribution < -0.4 is 4.90 Å². The Kier molecular flexibility index (Phi) is 10.3. The molecule has 4 heterocycles. The monoisotopic (exact) mass is 992 g/mol. The van der Waals surface area contributed by atoms with E-state index in [1.165, 1.54) is 133 Å². The van der Waals surface area contributed by atoms with Crippen molar-refractivity contribution in [3.63, 3.8) is 0 Å². The molecule has 1 atom stereocenters. The van der Waals surface area contributed by atoms with E-state index in [0.717, 1.165) is 37.1 Å². The van der Waals surface area contributed by atoms with E-state index in [1.807, 2.05) is 0 Å². The van der Waals surface area contributed by atoms with Crippen LogP contribution in [0.1, 0.15) is 70.6 Å². The molecule has 0 saturated carbocycles. The van der Waals surface area contributed by atoms with Gasteiger partial charge in [0.25, 0.3) is 0 Å². The number of hydrogen-bond acceptors (Lipinski definition) is 2. The third-order valence-electron chi connectivity index (χ3n) is 18.0. The van der Waals surface area contributed by atoms with Gasteiger partial charge >= 0.3 is 0 Å². The van der Waals surface area contributed by atoms with Crippen molar-refractivity contribution in [1.82, 2.24) is 14.0 Å². The molecule has 2 aliphatic heterocycles. The first kappa shape index (κ1) is 45.5. The number of nitrogens with zero attached hydrogens (tertiary/aromatic N) is 4. The number of allylic oxidation sites excluding steroid dienone is 17. The Bertz CT molecular complexity index is 4130. The SMILES string of the molecule is C/C=C\C=C1/Cc2ccccc2N1/C(C)=C/C1=C(C)C(C)=C(/C=C(\C)N2C3=C(C=CCC3)C3=CC=CCC32)C12c1cc(-n3c4ccccc4c4ccccc43)ccc1-c1ccc(-n3c4ccccc4c4ccccc43)cc12. The van der Waals surface area contributed by atoms with E-state index in [9.17, 15) is 0 Å². The van der Waals surface area contributed by atoms with Crippen molar-refractivity contribution in [3.05, 3.63) is 291 Å². The van der Waals surface area contributed by atoms with Gasteiger partial charge in [0.05, 0.1) is 33.5 Å². The second kappa shape index (κ2) is 17.3. The number of para-hydroxylation sites is 5. The smallest absolute Gasteiger partial charge is 0.0721 e. The van der Waals surface area contributed by atoms with E-state index in [1.54, 1.807) is 0 Å². The summed E-state index contributed by atoms with van der Waals surface area (Å²) in [7, 11) is 0. The number of benzene rings is 7. The molecule has 15 rings (SSSR count). The zero-order chi connectivity index (χ0) is 51.7. The van der Waals surface area contributed by atoms with Gasteiger partial charge in [0.1, 0.15) is 0 Å². The fraction of sp³-hybridized carbons (Fsp3) is 0.151. The zero-order valence-corrected chi connectivity index (χ0v) is 44.5. The molecule has 0 bridgehead atoms. The summed E-state index contributed by atoms with van der Waals surface area (Å²) < 4.78 is 5.01. The van der Waals surface area contributed by atoms with Gasteiger partial charge in [0.15, 0.2) is 0 Å². The Morgan fingerprint density at radius 3 is 1.70 bits per heavy atom. The molecule has 2 aromatic heterocycles. The van der Waals surface area contributed by atoms with Crippen LogP contribution >= 0.6 is 0 Å². The maximum atomic E-state index is 2.72. The van der Waals surface area contributed by atoms with E-state index < -0.39 is 5.41 Å². The predicted molar refractivity (Wildman–Crippen MR) is 323 cm³/mol. The lowest BCUT2D eigenvalue weighted by Crippen LogP contribution is -2.32. The highest BCUT2D eigenvalue weighted by Crippen LogP contribution is 2.63. The molecule has 1 unspecified atom stereocenters. The van der Waals surface area contributed by atoms with Gasteiger partial charge in [-0.05, 0) is 188 Å². The molecule has 6 aliphatic rings. The summed E-state index contributed by atoms with van der Waals surface area (Å²) in [5, 5.41) is 5.05. The fourth-order valence-corrected chi connectivity index (χ4v) is 14.7. The second-order valence-electron chi connectivity index (χ2n) is 21.9. The molecule has 1 spiro atoms. The molecule has 0 radical (unpaired) electrons. The normalized spacial score (nSPS) is 19.2. The molecule has 4 aliphatic carbocycles. The van der Waals surface area contributed by atoms with Gasteiger partial charge in [-0.15, -0.1) is 0 Å². The molecule has 0 fully saturated rings. The van der Waals surface area contributed by atoms with Crippen LogP contribution in [0.4, 0.5) is 5.69 Å². The standard InChI is InChI=1S/C73H60N4/c1-6-7-23-51-43-50-22-8-15-30-66(50)74(51)46(2)41-62-48(4)49(5)63(42-47(3)75-67-31-16-9-24-56(67)57-25-10-17-32-68(57)75)73(62)64-44-52(76-69-33-18-11-26-58(69)59-27-12-19-34-70(59)76)37-39-54(64)55-40-38-53(45-65(55)73)77-71-35-20-13-28-60(71)61-29-14-21-36-72(61)77/h6-16,18-30,33-42,44-45,67H,17,31-32,43H2,1-5H3/b7-6-,46-41+,47-42+,51-23+. The number of fused-ring (bicyclic) bond motifs is 14. The van der Waals surface area contributed by atoms with Crippen LogP contribution in [0.3, 0.4) is 0 Å². The van der Waals surface area contributed by atoms with Gasteiger partial charge in [-0.25, -0.2) is 0 Å². The highest BCUT2D eigenvalue weighted by molar-refractivity contribution is 6.10. The number of hydrogen-bond donors (Lipinski definition) is 0. The molecular formula is C73H60N4. The van der Waals surface area contributed by atoms with Gasteiger partial charge in [-0.3, -0.25) is 0 Å². The average Bonchev–Trinajstić information content (AvgIpc) is 4.41. The molecule has 0 amide bonds. The second-order valence-corrected chi connectivity index (χ2v) is 21.9. The van der Waals surface area contributed by atoms with E-state index in [2.05, 4.69) is 272 Å². The molecular weight excluding hydrogens is 933 g/mol. The van der Waals surface area contributed by atoms with E-state index in [0.29, 0.717) is 0 Å². The molecule has 4 nitrogen and oxygen atoms in total. The summed E-state index contributed by atoms with van der Waals surface area (Å²) in [6, 6.07) is 59.7. The summed E-state index contributed by atoms with van der Waals surface area (Å²) >= 11 is 0. The Morgan fingerprint density at radius 1 is 0.597 bits per heavy atom. The highest BCUT2D eigenvalue weighted by Gasteiger charge is 2.53. The van der Waals surface area contributed by atoms with Crippen LogP contribution in [0.25, 0.3) is 66.1 Å². The Hall–Kier alpha value is -8.86. The van der Waals surface area contributed by atoms with Crippen LogP contribution in [0.15, 0.2) is 275 Å². The third-order valence-corrected chi connectivity index (χ3v) is 18.0. The summed E-state index contributed by atoms with van der Waals surface area (Å²) in [5.41, 5.74) is 27.6. The fourth-order valence-electron chi connectivity index (χ4n) is 14.7. The number of aromatic nitrogens is 2. The van der Waals surface area contributed by atoms with Crippen molar-refractivity contribution in [1.29, 1.82) is 0 Å². The molecule has 0 saturated heterocycles. The maximum Gasteiger partial charge on any atom is 0.0721 e. The number of anilines is 1.